The van der Waals surface area contributed by atoms with E-state index in [0.717, 1.165) is 12.8 Å². The molecule has 6 nitrogen and oxygen atoms in total. The van der Waals surface area contributed by atoms with Crippen LogP contribution in [0.1, 0.15) is 12.8 Å². The summed E-state index contributed by atoms with van der Waals surface area (Å²) in [7, 11) is -0.352. The highest BCUT2D eigenvalue weighted by molar-refractivity contribution is 9.10. The third kappa shape index (κ3) is 3.30. The molecule has 1 aliphatic carbocycles. The van der Waals surface area contributed by atoms with Crippen molar-refractivity contribution in [3.8, 4) is 0 Å². The van der Waals surface area contributed by atoms with Crippen LogP contribution in [-0.2, 0) is 14.8 Å². The van der Waals surface area contributed by atoms with Crippen LogP contribution in [0.25, 0.3) is 0 Å². The van der Waals surface area contributed by atoms with Gasteiger partial charge >= 0.3 is 0 Å². The summed E-state index contributed by atoms with van der Waals surface area (Å²) >= 11 is 3.27. The van der Waals surface area contributed by atoms with Crippen LogP contribution < -0.4 is 5.32 Å². The van der Waals surface area contributed by atoms with Crippen molar-refractivity contribution >= 4 is 31.8 Å². The number of halogens is 1. The molecule has 0 aliphatic heterocycles. The van der Waals surface area contributed by atoms with Crippen LogP contribution in [-0.4, -0.2) is 51.1 Å². The maximum atomic E-state index is 12.8. The zero-order valence-electron chi connectivity index (χ0n) is 11.5. The predicted molar refractivity (Wildman–Crippen MR) is 80.3 cm³/mol. The van der Waals surface area contributed by atoms with Gasteiger partial charge in [-0.2, -0.15) is 4.31 Å². The quantitative estimate of drug-likeness (QED) is 0.797. The highest BCUT2D eigenvalue weighted by Gasteiger charge is 2.39. The first kappa shape index (κ1) is 15.7. The number of sulfonamides is 1. The largest absolute Gasteiger partial charge is 0.383 e. The van der Waals surface area contributed by atoms with Crippen LogP contribution in [0.4, 0.5) is 5.82 Å². The van der Waals surface area contributed by atoms with Crippen LogP contribution in [0.15, 0.2) is 21.6 Å². The Bertz CT molecular complexity index is 575. The van der Waals surface area contributed by atoms with E-state index in [4.69, 9.17) is 4.74 Å². The van der Waals surface area contributed by atoms with Gasteiger partial charge in [-0.05, 0) is 34.8 Å². The molecule has 0 saturated heterocycles. The predicted octanol–water partition coefficient (Wildman–Crippen LogP) is 1.69. The van der Waals surface area contributed by atoms with E-state index < -0.39 is 10.0 Å². The average molecular weight is 364 g/mol. The van der Waals surface area contributed by atoms with Gasteiger partial charge in [0.2, 0.25) is 10.0 Å². The summed E-state index contributed by atoms with van der Waals surface area (Å²) in [5.41, 5.74) is 0. The Balaban J connectivity index is 2.39. The lowest BCUT2D eigenvalue weighted by Crippen LogP contribution is -2.36. The SMILES string of the molecule is CNc1ncc(Br)cc1S(=O)(=O)N(CCOC)C1CC1. The number of nitrogens with one attached hydrogen (secondary N) is 1. The average Bonchev–Trinajstić information content (AvgIpc) is 3.23. The Morgan fingerprint density at radius 2 is 2.25 bits per heavy atom. The number of anilines is 1. The molecule has 0 radical (unpaired) electrons. The topological polar surface area (TPSA) is 71.5 Å². The first-order valence-electron chi connectivity index (χ1n) is 6.34. The summed E-state index contributed by atoms with van der Waals surface area (Å²) in [4.78, 5) is 4.30. The van der Waals surface area contributed by atoms with Crippen molar-refractivity contribution in [1.82, 2.24) is 9.29 Å². The van der Waals surface area contributed by atoms with E-state index in [2.05, 4.69) is 26.2 Å². The first-order chi connectivity index (χ1) is 9.50. The Labute approximate surface area is 127 Å². The number of ether oxygens (including phenoxy) is 1. The second-order valence-corrected chi connectivity index (χ2v) is 7.36. The third-order valence-electron chi connectivity index (χ3n) is 3.11. The Morgan fingerprint density at radius 1 is 1.55 bits per heavy atom. The molecule has 1 aromatic heterocycles. The van der Waals surface area contributed by atoms with Crippen molar-refractivity contribution in [2.45, 2.75) is 23.8 Å². The maximum absolute atomic E-state index is 12.8. The molecule has 0 unspecified atom stereocenters. The molecule has 1 heterocycles. The van der Waals surface area contributed by atoms with Gasteiger partial charge in [0.1, 0.15) is 10.7 Å². The molecule has 20 heavy (non-hydrogen) atoms. The van der Waals surface area contributed by atoms with Gasteiger partial charge in [0, 0.05) is 37.4 Å². The molecule has 1 aliphatic rings. The Morgan fingerprint density at radius 3 is 2.80 bits per heavy atom. The van der Waals surface area contributed by atoms with E-state index >= 15 is 0 Å². The lowest BCUT2D eigenvalue weighted by Gasteiger charge is -2.22. The fourth-order valence-corrected chi connectivity index (χ4v) is 4.30. The molecule has 0 spiro atoms. The van der Waals surface area contributed by atoms with Gasteiger partial charge in [0.15, 0.2) is 0 Å². The van der Waals surface area contributed by atoms with Gasteiger partial charge < -0.3 is 10.1 Å². The van der Waals surface area contributed by atoms with E-state index in [0.29, 0.717) is 23.4 Å². The lowest BCUT2D eigenvalue weighted by molar-refractivity contribution is 0.177. The van der Waals surface area contributed by atoms with E-state index in [9.17, 15) is 8.42 Å². The van der Waals surface area contributed by atoms with Gasteiger partial charge in [0.25, 0.3) is 0 Å². The van der Waals surface area contributed by atoms with Crippen molar-refractivity contribution in [1.29, 1.82) is 0 Å². The molecular weight excluding hydrogens is 346 g/mol. The molecule has 0 bridgehead atoms. The minimum atomic E-state index is -3.58. The van der Waals surface area contributed by atoms with Crippen molar-refractivity contribution in [3.63, 3.8) is 0 Å². The molecule has 1 N–H and O–H groups in total. The van der Waals surface area contributed by atoms with Crippen LogP contribution in [0, 0.1) is 0 Å². The molecule has 0 aromatic carbocycles. The molecule has 1 saturated carbocycles. The van der Waals surface area contributed by atoms with Gasteiger partial charge in [-0.3, -0.25) is 0 Å². The highest BCUT2D eigenvalue weighted by atomic mass is 79.9. The normalized spacial score (nSPS) is 15.6. The van der Waals surface area contributed by atoms with Crippen LogP contribution in [0.2, 0.25) is 0 Å². The molecular formula is C12H18BrN3O3S. The zero-order valence-corrected chi connectivity index (χ0v) is 13.9. The zero-order chi connectivity index (χ0) is 14.8. The van der Waals surface area contributed by atoms with E-state index in [1.807, 2.05) is 0 Å². The van der Waals surface area contributed by atoms with Crippen molar-refractivity contribution in [2.75, 3.05) is 32.6 Å². The van der Waals surface area contributed by atoms with Crippen molar-refractivity contribution in [3.05, 3.63) is 16.7 Å². The summed E-state index contributed by atoms with van der Waals surface area (Å²) < 4.78 is 32.8. The Kier molecular flexibility index (Phi) is 5.00. The number of methoxy groups -OCH3 is 1. The fourth-order valence-electron chi connectivity index (χ4n) is 1.97. The van der Waals surface area contributed by atoms with Crippen LogP contribution in [0.5, 0.6) is 0 Å². The van der Waals surface area contributed by atoms with Gasteiger partial charge in [0.05, 0.1) is 6.61 Å². The van der Waals surface area contributed by atoms with Crippen molar-refractivity contribution < 1.29 is 13.2 Å². The van der Waals surface area contributed by atoms with Gasteiger partial charge in [-0.25, -0.2) is 13.4 Å². The number of nitrogens with zero attached hydrogens (tertiary/aromatic N) is 2. The number of hydrogen-bond donors (Lipinski definition) is 1. The molecule has 0 amide bonds. The summed E-state index contributed by atoms with van der Waals surface area (Å²) in [5, 5.41) is 2.83. The molecule has 112 valence electrons. The molecule has 1 aromatic rings. The van der Waals surface area contributed by atoms with Crippen molar-refractivity contribution in [2.24, 2.45) is 0 Å². The Hall–Kier alpha value is -0.700. The third-order valence-corrected chi connectivity index (χ3v) is 5.51. The van der Waals surface area contributed by atoms with Crippen LogP contribution in [0.3, 0.4) is 0 Å². The maximum Gasteiger partial charge on any atom is 0.247 e. The second kappa shape index (κ2) is 6.38. The fraction of sp³-hybridized carbons (Fsp3) is 0.583. The summed E-state index contributed by atoms with van der Waals surface area (Å²) in [6, 6.07) is 1.66. The molecule has 8 heteroatoms. The minimum Gasteiger partial charge on any atom is -0.383 e. The number of pyridine rings is 1. The minimum absolute atomic E-state index is 0.0823. The summed E-state index contributed by atoms with van der Waals surface area (Å²) in [6.07, 6.45) is 3.37. The summed E-state index contributed by atoms with van der Waals surface area (Å²) in [6.45, 7) is 0.741. The molecule has 2 rings (SSSR count). The lowest BCUT2D eigenvalue weighted by atomic mass is 10.4. The van der Waals surface area contributed by atoms with Gasteiger partial charge in [-0.1, -0.05) is 0 Å². The first-order valence-corrected chi connectivity index (χ1v) is 8.58. The second-order valence-electron chi connectivity index (χ2n) is 4.59. The van der Waals surface area contributed by atoms with E-state index in [-0.39, 0.29) is 10.9 Å². The number of hydrogen-bond acceptors (Lipinski definition) is 5. The number of aromatic nitrogens is 1. The van der Waals surface area contributed by atoms with Crippen LogP contribution >= 0.6 is 15.9 Å². The summed E-state index contributed by atoms with van der Waals surface area (Å²) in [5.74, 6) is 0.358. The molecule has 0 atom stereocenters. The van der Waals surface area contributed by atoms with E-state index in [1.165, 1.54) is 4.31 Å². The van der Waals surface area contributed by atoms with Gasteiger partial charge in [-0.15, -0.1) is 0 Å². The standard InChI is InChI=1S/C12H18BrN3O3S/c1-14-12-11(7-9(13)8-15-12)20(17,18)16(5-6-19-2)10-3-4-10/h7-8,10H,3-6H2,1-2H3,(H,14,15). The number of rotatable bonds is 7. The monoisotopic (exact) mass is 363 g/mol. The highest BCUT2D eigenvalue weighted by Crippen LogP contribution is 2.34. The smallest absolute Gasteiger partial charge is 0.247 e. The van der Waals surface area contributed by atoms with E-state index in [1.54, 1.807) is 26.4 Å². The molecule has 1 fully saturated rings.